The van der Waals surface area contributed by atoms with Gasteiger partial charge in [-0.05, 0) is 75.6 Å². The van der Waals surface area contributed by atoms with E-state index in [1.807, 2.05) is 32.9 Å². The van der Waals surface area contributed by atoms with Gasteiger partial charge in [0.15, 0.2) is 11.5 Å². The van der Waals surface area contributed by atoms with E-state index in [4.69, 9.17) is 14.2 Å². The van der Waals surface area contributed by atoms with Crippen LogP contribution in [0.15, 0.2) is 35.2 Å². The lowest BCUT2D eigenvalue weighted by Gasteiger charge is -2.19. The van der Waals surface area contributed by atoms with Crippen molar-refractivity contribution in [1.29, 1.82) is 0 Å². The van der Waals surface area contributed by atoms with Gasteiger partial charge in [-0.15, -0.1) is 0 Å². The molecule has 0 saturated carbocycles. The maximum atomic E-state index is 13.0. The van der Waals surface area contributed by atoms with Crippen molar-refractivity contribution in [2.75, 3.05) is 20.3 Å². The molecule has 0 unspecified atom stereocenters. The van der Waals surface area contributed by atoms with E-state index < -0.39 is 16.1 Å². The van der Waals surface area contributed by atoms with E-state index in [1.54, 1.807) is 39.2 Å². The molecule has 2 rings (SSSR count). The third-order valence-corrected chi connectivity index (χ3v) is 6.28. The summed E-state index contributed by atoms with van der Waals surface area (Å²) in [5.74, 6) is 1.91. The highest BCUT2D eigenvalue weighted by molar-refractivity contribution is 7.89. The number of ether oxygens (including phenoxy) is 3. The second-order valence-corrected chi connectivity index (χ2v) is 8.11. The van der Waals surface area contributed by atoms with Gasteiger partial charge in [0.2, 0.25) is 10.0 Å². The lowest BCUT2D eigenvalue weighted by molar-refractivity contribution is 0.287. The molecule has 2 aromatic carbocycles. The Hall–Kier alpha value is -2.25. The standard InChI is InChI=1S/C21H29NO5S/c1-7-26-19-10-9-17(13-20(19)27-8-2)16(5)22-28(23,24)21-12-11-18(25-6)14(3)15(21)4/h9-13,16,22H,7-8H2,1-6H3/t16-/m0/s1. The molecule has 28 heavy (non-hydrogen) atoms. The molecule has 0 aliphatic carbocycles. The van der Waals surface area contributed by atoms with Crippen molar-refractivity contribution in [3.05, 3.63) is 47.0 Å². The smallest absolute Gasteiger partial charge is 0.241 e. The lowest BCUT2D eigenvalue weighted by Crippen LogP contribution is -2.27. The van der Waals surface area contributed by atoms with Crippen LogP contribution < -0.4 is 18.9 Å². The van der Waals surface area contributed by atoms with Crippen molar-refractivity contribution in [2.45, 2.75) is 45.6 Å². The van der Waals surface area contributed by atoms with Crippen molar-refractivity contribution in [3.8, 4) is 17.2 Å². The van der Waals surface area contributed by atoms with E-state index in [2.05, 4.69) is 4.72 Å². The molecule has 0 amide bonds. The Morgan fingerprint density at radius 3 is 2.14 bits per heavy atom. The van der Waals surface area contributed by atoms with Gasteiger partial charge in [-0.25, -0.2) is 13.1 Å². The summed E-state index contributed by atoms with van der Waals surface area (Å²) in [5, 5.41) is 0. The maximum absolute atomic E-state index is 13.0. The molecule has 2 aromatic rings. The highest BCUT2D eigenvalue weighted by Gasteiger charge is 2.23. The van der Waals surface area contributed by atoms with Gasteiger partial charge in [-0.2, -0.15) is 0 Å². The minimum absolute atomic E-state index is 0.244. The Labute approximate surface area is 167 Å². The molecule has 0 bridgehead atoms. The Morgan fingerprint density at radius 1 is 0.929 bits per heavy atom. The normalized spacial score (nSPS) is 12.5. The summed E-state index contributed by atoms with van der Waals surface area (Å²) in [4.78, 5) is 0.244. The van der Waals surface area contributed by atoms with Gasteiger partial charge in [-0.3, -0.25) is 0 Å². The third-order valence-electron chi connectivity index (χ3n) is 4.60. The van der Waals surface area contributed by atoms with Crippen molar-refractivity contribution in [1.82, 2.24) is 4.72 Å². The fraction of sp³-hybridized carbons (Fsp3) is 0.429. The van der Waals surface area contributed by atoms with Crippen molar-refractivity contribution in [3.63, 3.8) is 0 Å². The van der Waals surface area contributed by atoms with E-state index in [-0.39, 0.29) is 4.90 Å². The Bertz CT molecular complexity index is 925. The maximum Gasteiger partial charge on any atom is 0.241 e. The highest BCUT2D eigenvalue weighted by Crippen LogP contribution is 2.32. The van der Waals surface area contributed by atoms with Gasteiger partial charge in [0.25, 0.3) is 0 Å². The second-order valence-electron chi connectivity index (χ2n) is 6.43. The topological polar surface area (TPSA) is 73.9 Å². The van der Waals surface area contributed by atoms with Gasteiger partial charge < -0.3 is 14.2 Å². The Kier molecular flexibility index (Phi) is 7.32. The van der Waals surface area contributed by atoms with Crippen LogP contribution in [0.2, 0.25) is 0 Å². The summed E-state index contributed by atoms with van der Waals surface area (Å²) in [7, 11) is -2.14. The number of rotatable bonds is 9. The van der Waals surface area contributed by atoms with E-state index in [9.17, 15) is 8.42 Å². The monoisotopic (exact) mass is 407 g/mol. The molecule has 0 aromatic heterocycles. The third kappa shape index (κ3) is 4.77. The first kappa shape index (κ1) is 22.0. The molecule has 0 aliphatic heterocycles. The molecule has 154 valence electrons. The first-order valence-electron chi connectivity index (χ1n) is 9.31. The zero-order chi connectivity index (χ0) is 20.9. The number of nitrogens with one attached hydrogen (secondary N) is 1. The zero-order valence-electron chi connectivity index (χ0n) is 17.3. The number of sulfonamides is 1. The predicted molar refractivity (Wildman–Crippen MR) is 110 cm³/mol. The van der Waals surface area contributed by atoms with Crippen molar-refractivity contribution in [2.24, 2.45) is 0 Å². The van der Waals surface area contributed by atoms with E-state index in [0.717, 1.165) is 11.1 Å². The van der Waals surface area contributed by atoms with Gasteiger partial charge in [0.1, 0.15) is 5.75 Å². The summed E-state index contributed by atoms with van der Waals surface area (Å²) in [5.41, 5.74) is 2.26. The van der Waals surface area contributed by atoms with Crippen LogP contribution in [0.3, 0.4) is 0 Å². The SMILES string of the molecule is CCOc1ccc([C@H](C)NS(=O)(=O)c2ccc(OC)c(C)c2C)cc1OCC. The number of benzene rings is 2. The van der Waals surface area contributed by atoms with Gasteiger partial charge in [0, 0.05) is 6.04 Å². The largest absolute Gasteiger partial charge is 0.496 e. The molecular weight excluding hydrogens is 378 g/mol. The molecular formula is C21H29NO5S. The van der Waals surface area contributed by atoms with Crippen LogP contribution >= 0.6 is 0 Å². The minimum atomic E-state index is -3.71. The number of hydrogen-bond donors (Lipinski definition) is 1. The molecule has 0 saturated heterocycles. The van der Waals surface area contributed by atoms with Gasteiger partial charge in [0.05, 0.1) is 25.2 Å². The van der Waals surface area contributed by atoms with Crippen LogP contribution in [0.25, 0.3) is 0 Å². The Balaban J connectivity index is 2.32. The molecule has 1 N–H and O–H groups in total. The van der Waals surface area contributed by atoms with Crippen LogP contribution in [0.5, 0.6) is 17.2 Å². The summed E-state index contributed by atoms with van der Waals surface area (Å²) in [6.07, 6.45) is 0. The van der Waals surface area contributed by atoms with Crippen LogP contribution in [-0.2, 0) is 10.0 Å². The average Bonchev–Trinajstić information content (AvgIpc) is 2.65. The molecule has 0 radical (unpaired) electrons. The van der Waals surface area contributed by atoms with Gasteiger partial charge in [-0.1, -0.05) is 6.07 Å². The van der Waals surface area contributed by atoms with E-state index >= 15 is 0 Å². The van der Waals surface area contributed by atoms with Crippen molar-refractivity contribution < 1.29 is 22.6 Å². The first-order valence-corrected chi connectivity index (χ1v) is 10.8. The van der Waals surface area contributed by atoms with E-state index in [0.29, 0.717) is 36.0 Å². The van der Waals surface area contributed by atoms with Crippen LogP contribution in [0, 0.1) is 13.8 Å². The Morgan fingerprint density at radius 2 is 1.54 bits per heavy atom. The fourth-order valence-electron chi connectivity index (χ4n) is 2.98. The van der Waals surface area contributed by atoms with E-state index in [1.165, 1.54) is 0 Å². The minimum Gasteiger partial charge on any atom is -0.496 e. The predicted octanol–water partition coefficient (Wildman–Crippen LogP) is 4.15. The average molecular weight is 408 g/mol. The zero-order valence-corrected chi connectivity index (χ0v) is 18.1. The molecule has 0 fully saturated rings. The molecule has 7 heteroatoms. The molecule has 0 aliphatic rings. The molecule has 6 nitrogen and oxygen atoms in total. The molecule has 0 heterocycles. The second kappa shape index (κ2) is 9.30. The number of methoxy groups -OCH3 is 1. The summed E-state index contributed by atoms with van der Waals surface area (Å²) in [6.45, 7) is 10.2. The lowest BCUT2D eigenvalue weighted by atomic mass is 10.1. The van der Waals surface area contributed by atoms with Crippen LogP contribution in [-0.4, -0.2) is 28.7 Å². The van der Waals surface area contributed by atoms with Crippen LogP contribution in [0.1, 0.15) is 43.5 Å². The van der Waals surface area contributed by atoms with Crippen LogP contribution in [0.4, 0.5) is 0 Å². The summed E-state index contributed by atoms with van der Waals surface area (Å²) >= 11 is 0. The van der Waals surface area contributed by atoms with Crippen molar-refractivity contribution >= 4 is 10.0 Å². The van der Waals surface area contributed by atoms with Gasteiger partial charge >= 0.3 is 0 Å². The summed E-state index contributed by atoms with van der Waals surface area (Å²) in [6, 6.07) is 8.26. The molecule has 0 spiro atoms. The molecule has 1 atom stereocenters. The summed E-state index contributed by atoms with van der Waals surface area (Å²) < 4.78 is 45.2. The quantitative estimate of drug-likeness (QED) is 0.676. The first-order chi connectivity index (χ1) is 13.2. The fourth-order valence-corrected chi connectivity index (χ4v) is 4.52. The highest BCUT2D eigenvalue weighted by atomic mass is 32.2. The number of hydrogen-bond acceptors (Lipinski definition) is 5.